The van der Waals surface area contributed by atoms with Crippen LogP contribution in [-0.4, -0.2) is 7.35 Å². The maximum atomic E-state index is 11.1. The fraction of sp³-hybridized carbons (Fsp3) is 0. The summed E-state index contributed by atoms with van der Waals surface area (Å²) in [6, 6.07) is 1.30. The molecule has 0 aromatic carbocycles. The number of halogens is 1. The van der Waals surface area contributed by atoms with Gasteiger partial charge in [0.1, 0.15) is 0 Å². The second-order valence-corrected chi connectivity index (χ2v) is 2.77. The lowest BCUT2D eigenvalue weighted by Crippen LogP contribution is -2.31. The van der Waals surface area contributed by atoms with Gasteiger partial charge in [-0.25, -0.2) is 4.79 Å². The van der Waals surface area contributed by atoms with Crippen molar-refractivity contribution in [3.63, 3.8) is 0 Å². The summed E-state index contributed by atoms with van der Waals surface area (Å²) < 4.78 is 2.22. The third kappa shape index (κ3) is 1.42. The van der Waals surface area contributed by atoms with Gasteiger partial charge in [0.15, 0.2) is 0 Å². The van der Waals surface area contributed by atoms with E-state index in [-0.39, 0.29) is 5.56 Å². The van der Waals surface area contributed by atoms with E-state index in [1.807, 2.05) is 0 Å². The molecule has 1 aromatic heterocycles. The van der Waals surface area contributed by atoms with Crippen LogP contribution in [0.25, 0.3) is 6.20 Å². The van der Waals surface area contributed by atoms with E-state index in [2.05, 4.69) is 6.58 Å². The Hall–Kier alpha value is -0.850. The second-order valence-electron chi connectivity index (χ2n) is 1.81. The molecule has 4 nitrogen and oxygen atoms in total. The smallest absolute Gasteiger partial charge is 0.276 e. The normalized spacial score (nSPS) is 9.55. The van der Waals surface area contributed by atoms with Crippen molar-refractivity contribution in [2.45, 2.75) is 0 Å². The van der Waals surface area contributed by atoms with Crippen LogP contribution in [0.1, 0.15) is 0 Å². The van der Waals surface area contributed by atoms with Crippen LogP contribution < -0.4 is 11.2 Å². The van der Waals surface area contributed by atoms with Gasteiger partial charge >= 0.3 is 5.69 Å². The molecule has 0 atom stereocenters. The fourth-order valence-corrected chi connectivity index (χ4v) is 1.02. The molecule has 0 amide bonds. The maximum Gasteiger partial charge on any atom is 0.344 e. The fourth-order valence-electron chi connectivity index (χ4n) is 0.608. The van der Waals surface area contributed by atoms with Crippen molar-refractivity contribution in [2.24, 2.45) is 0 Å². The first-order valence-corrected chi connectivity index (χ1v) is 3.76. The van der Waals surface area contributed by atoms with E-state index in [9.17, 15) is 9.59 Å². The molecule has 1 rings (SSSR count). The third-order valence-electron chi connectivity index (χ3n) is 1.16. The van der Waals surface area contributed by atoms with Crippen molar-refractivity contribution in [3.05, 3.63) is 39.7 Å². The van der Waals surface area contributed by atoms with E-state index in [4.69, 9.17) is 0 Å². The van der Waals surface area contributed by atoms with Crippen molar-refractivity contribution < 1.29 is 0 Å². The van der Waals surface area contributed by atoms with Crippen molar-refractivity contribution in [1.82, 2.24) is 7.35 Å². The van der Waals surface area contributed by atoms with Gasteiger partial charge < -0.3 is 0 Å². The minimum atomic E-state index is -0.395. The largest absolute Gasteiger partial charge is 0.344 e. The van der Waals surface area contributed by atoms with Crippen molar-refractivity contribution in [2.75, 3.05) is 0 Å². The standard InChI is InChI=1S/C6H5IN2O2/c1-2-8-4-3-5(10)9(7)6(8)11/h2-4H,1H2. The minimum absolute atomic E-state index is 0.325. The molecule has 11 heavy (non-hydrogen) atoms. The highest BCUT2D eigenvalue weighted by Crippen LogP contribution is 1.81. The van der Waals surface area contributed by atoms with Crippen LogP contribution in [-0.2, 0) is 0 Å². The molecule has 58 valence electrons. The van der Waals surface area contributed by atoms with Crippen molar-refractivity contribution >= 4 is 29.1 Å². The van der Waals surface area contributed by atoms with Gasteiger partial charge in [-0.2, -0.15) is 2.78 Å². The molecule has 0 aliphatic carbocycles. The molecule has 1 heterocycles. The molecule has 0 spiro atoms. The topological polar surface area (TPSA) is 44.0 Å². The van der Waals surface area contributed by atoms with Gasteiger partial charge in [0, 0.05) is 18.5 Å². The van der Waals surface area contributed by atoms with Gasteiger partial charge in [-0.3, -0.25) is 9.36 Å². The molecule has 0 unspecified atom stereocenters. The lowest BCUT2D eigenvalue weighted by atomic mass is 10.6. The van der Waals surface area contributed by atoms with Crippen LogP contribution in [0.4, 0.5) is 0 Å². The predicted molar refractivity (Wildman–Crippen MR) is 50.8 cm³/mol. The van der Waals surface area contributed by atoms with Gasteiger partial charge in [0.05, 0.1) is 22.9 Å². The summed E-state index contributed by atoms with van der Waals surface area (Å²) in [7, 11) is 0. The van der Waals surface area contributed by atoms with Crippen LogP contribution >= 0.6 is 22.9 Å². The second kappa shape index (κ2) is 3.04. The highest BCUT2D eigenvalue weighted by atomic mass is 127. The molecule has 0 aliphatic heterocycles. The van der Waals surface area contributed by atoms with Gasteiger partial charge in [-0.15, -0.1) is 0 Å². The van der Waals surface area contributed by atoms with Gasteiger partial charge in [0.25, 0.3) is 5.56 Å². The van der Waals surface area contributed by atoms with E-state index >= 15 is 0 Å². The van der Waals surface area contributed by atoms with Crippen LogP contribution in [0.2, 0.25) is 0 Å². The Kier molecular flexibility index (Phi) is 2.28. The Labute approximate surface area is 76.3 Å². The Balaban J connectivity index is 3.62. The zero-order valence-electron chi connectivity index (χ0n) is 5.53. The van der Waals surface area contributed by atoms with Gasteiger partial charge in [0.2, 0.25) is 0 Å². The van der Waals surface area contributed by atoms with E-state index in [0.29, 0.717) is 0 Å². The van der Waals surface area contributed by atoms with Crippen LogP contribution in [0, 0.1) is 0 Å². The highest BCUT2D eigenvalue weighted by Gasteiger charge is 1.97. The zero-order valence-corrected chi connectivity index (χ0v) is 7.69. The molecule has 5 heteroatoms. The quantitative estimate of drug-likeness (QED) is 0.685. The number of rotatable bonds is 1. The first kappa shape index (κ1) is 8.25. The number of hydrogen-bond donors (Lipinski definition) is 0. The van der Waals surface area contributed by atoms with E-state index < -0.39 is 5.69 Å². The zero-order chi connectivity index (χ0) is 8.43. The van der Waals surface area contributed by atoms with Crippen molar-refractivity contribution in [1.29, 1.82) is 0 Å². The third-order valence-corrected chi connectivity index (χ3v) is 2.04. The number of aromatic nitrogens is 2. The summed E-state index contributed by atoms with van der Waals surface area (Å²) in [6.07, 6.45) is 2.73. The van der Waals surface area contributed by atoms with E-state index in [1.165, 1.54) is 23.0 Å². The van der Waals surface area contributed by atoms with Gasteiger partial charge in [-0.05, 0) is 0 Å². The molecule has 0 aliphatic rings. The summed E-state index contributed by atoms with van der Waals surface area (Å²) in [5.41, 5.74) is -0.721. The summed E-state index contributed by atoms with van der Waals surface area (Å²) in [4.78, 5) is 21.9. The molecule has 0 saturated carbocycles. The minimum Gasteiger partial charge on any atom is -0.276 e. The first-order valence-electron chi connectivity index (χ1n) is 2.79. The van der Waals surface area contributed by atoms with Gasteiger partial charge in [-0.1, -0.05) is 6.58 Å². The predicted octanol–water partition coefficient (Wildman–Crippen LogP) is 0.309. The highest BCUT2D eigenvalue weighted by molar-refractivity contribution is 14.1. The van der Waals surface area contributed by atoms with Crippen LogP contribution in [0.3, 0.4) is 0 Å². The molecular formula is C6H5IN2O2. The Morgan fingerprint density at radius 1 is 1.55 bits per heavy atom. The summed E-state index contributed by atoms with van der Waals surface area (Å²) >= 11 is 1.64. The summed E-state index contributed by atoms with van der Waals surface area (Å²) in [6.45, 7) is 3.41. The number of hydrogen-bond acceptors (Lipinski definition) is 2. The summed E-state index contributed by atoms with van der Waals surface area (Å²) in [5, 5.41) is 0. The average Bonchev–Trinajstić information content (AvgIpc) is 2.01. The monoisotopic (exact) mass is 264 g/mol. The lowest BCUT2D eigenvalue weighted by Gasteiger charge is -1.96. The average molecular weight is 264 g/mol. The lowest BCUT2D eigenvalue weighted by molar-refractivity contribution is 0.923. The van der Waals surface area contributed by atoms with Crippen LogP contribution in [0.5, 0.6) is 0 Å². The molecule has 0 radical (unpaired) electrons. The molecule has 1 aromatic rings. The molecular weight excluding hydrogens is 259 g/mol. The Morgan fingerprint density at radius 3 is 2.73 bits per heavy atom. The Bertz CT molecular complexity index is 390. The molecule has 0 N–H and O–H groups in total. The van der Waals surface area contributed by atoms with Crippen LogP contribution in [0.15, 0.2) is 28.4 Å². The summed E-state index contributed by atoms with van der Waals surface area (Å²) in [5.74, 6) is 0. The first-order chi connectivity index (χ1) is 5.16. The maximum absolute atomic E-state index is 11.1. The molecule has 0 bridgehead atoms. The van der Waals surface area contributed by atoms with Crippen molar-refractivity contribution in [3.8, 4) is 0 Å². The Morgan fingerprint density at radius 2 is 2.18 bits per heavy atom. The van der Waals surface area contributed by atoms with E-state index in [0.717, 1.165) is 2.78 Å². The van der Waals surface area contributed by atoms with E-state index in [1.54, 1.807) is 22.9 Å². The molecule has 0 saturated heterocycles. The SMILES string of the molecule is C=Cn1ccc(=O)n(I)c1=O. The molecule has 0 fully saturated rings. The number of nitrogens with zero attached hydrogens (tertiary/aromatic N) is 2.